The van der Waals surface area contributed by atoms with E-state index in [1.165, 1.54) is 0 Å². The first-order valence-corrected chi connectivity index (χ1v) is 10.2. The molecule has 2 aliphatic rings. The zero-order valence-electron chi connectivity index (χ0n) is 16.2. The van der Waals surface area contributed by atoms with Gasteiger partial charge in [-0.3, -0.25) is 4.79 Å². The Hall–Kier alpha value is -1.82. The Morgan fingerprint density at radius 3 is 2.22 bits per heavy atom. The van der Waals surface area contributed by atoms with E-state index in [1.54, 1.807) is 11.0 Å². The molecule has 146 valence electrons. The van der Waals surface area contributed by atoms with Gasteiger partial charge in [-0.25, -0.2) is 4.79 Å². The van der Waals surface area contributed by atoms with E-state index < -0.39 is 5.60 Å². The molecule has 3 rings (SSSR count). The monoisotopic (exact) mass is 434 g/mol. The second-order valence-corrected chi connectivity index (χ2v) is 9.46. The lowest BCUT2D eigenvalue weighted by molar-refractivity contribution is -0.131. The van der Waals surface area contributed by atoms with Crippen LogP contribution in [0.4, 0.5) is 4.79 Å². The van der Waals surface area contributed by atoms with Crippen molar-refractivity contribution in [3.63, 3.8) is 0 Å². The molecule has 1 spiro atoms. The van der Waals surface area contributed by atoms with E-state index in [0.29, 0.717) is 0 Å². The number of hydrogen-bond acceptors (Lipinski definition) is 3. The van der Waals surface area contributed by atoms with Crippen molar-refractivity contribution < 1.29 is 14.3 Å². The zero-order valence-corrected chi connectivity index (χ0v) is 17.8. The van der Waals surface area contributed by atoms with E-state index in [9.17, 15) is 9.59 Å². The fourth-order valence-corrected chi connectivity index (χ4v) is 3.85. The number of benzene rings is 1. The Morgan fingerprint density at radius 1 is 1.07 bits per heavy atom. The number of halogens is 1. The molecule has 0 unspecified atom stereocenters. The maximum absolute atomic E-state index is 12.4. The highest BCUT2D eigenvalue weighted by molar-refractivity contribution is 9.10. The van der Waals surface area contributed by atoms with Crippen LogP contribution in [0.15, 0.2) is 34.8 Å². The summed E-state index contributed by atoms with van der Waals surface area (Å²) in [6.07, 6.45) is 5.14. The van der Waals surface area contributed by atoms with Crippen molar-refractivity contribution in [1.82, 2.24) is 9.80 Å². The van der Waals surface area contributed by atoms with Gasteiger partial charge in [0.1, 0.15) is 5.60 Å². The molecular weight excluding hydrogens is 408 g/mol. The van der Waals surface area contributed by atoms with Gasteiger partial charge in [0, 0.05) is 42.1 Å². The number of carbonyl (C=O) groups is 2. The van der Waals surface area contributed by atoms with E-state index in [-0.39, 0.29) is 17.4 Å². The fourth-order valence-electron chi connectivity index (χ4n) is 3.58. The van der Waals surface area contributed by atoms with Crippen molar-refractivity contribution in [2.24, 2.45) is 5.41 Å². The number of piperidine rings is 1. The van der Waals surface area contributed by atoms with Gasteiger partial charge >= 0.3 is 6.09 Å². The minimum absolute atomic E-state index is 0.0519. The summed E-state index contributed by atoms with van der Waals surface area (Å²) < 4.78 is 6.45. The summed E-state index contributed by atoms with van der Waals surface area (Å²) in [5.41, 5.74) is 0.701. The maximum atomic E-state index is 12.4. The third kappa shape index (κ3) is 5.12. The summed E-state index contributed by atoms with van der Waals surface area (Å²) in [6.45, 7) is 8.60. The summed E-state index contributed by atoms with van der Waals surface area (Å²) in [6, 6.07) is 7.86. The minimum atomic E-state index is -0.462. The number of ether oxygens (including phenoxy) is 1. The number of likely N-dealkylation sites (tertiary alicyclic amines) is 2. The van der Waals surface area contributed by atoms with E-state index in [2.05, 4.69) is 15.9 Å². The second-order valence-electron chi connectivity index (χ2n) is 8.55. The molecular formula is C21H27BrN2O3. The topological polar surface area (TPSA) is 49.9 Å². The molecule has 0 aromatic heterocycles. The summed E-state index contributed by atoms with van der Waals surface area (Å²) in [7, 11) is 0. The third-order valence-corrected chi connectivity index (χ3v) is 5.66. The lowest BCUT2D eigenvalue weighted by atomic mass is 9.72. The van der Waals surface area contributed by atoms with Crippen molar-refractivity contribution in [2.75, 3.05) is 26.2 Å². The van der Waals surface area contributed by atoms with E-state index in [0.717, 1.165) is 49.1 Å². The van der Waals surface area contributed by atoms with Crippen LogP contribution in [0, 0.1) is 5.41 Å². The van der Waals surface area contributed by atoms with Gasteiger partial charge < -0.3 is 14.5 Å². The highest BCUT2D eigenvalue weighted by atomic mass is 79.9. The Balaban J connectivity index is 1.46. The largest absolute Gasteiger partial charge is 0.444 e. The van der Waals surface area contributed by atoms with Crippen LogP contribution in [-0.2, 0) is 9.53 Å². The van der Waals surface area contributed by atoms with Crippen molar-refractivity contribution in [1.29, 1.82) is 0 Å². The molecule has 5 nitrogen and oxygen atoms in total. The van der Waals surface area contributed by atoms with Crippen molar-refractivity contribution in [2.45, 2.75) is 39.2 Å². The molecule has 0 saturated carbocycles. The molecule has 2 heterocycles. The average molecular weight is 435 g/mol. The molecule has 2 saturated heterocycles. The van der Waals surface area contributed by atoms with Crippen molar-refractivity contribution in [3.8, 4) is 0 Å². The van der Waals surface area contributed by atoms with Gasteiger partial charge in [-0.15, -0.1) is 0 Å². The summed E-state index contributed by atoms with van der Waals surface area (Å²) in [5.74, 6) is 0.0519. The van der Waals surface area contributed by atoms with Crippen LogP contribution in [0.2, 0.25) is 0 Å². The highest BCUT2D eigenvalue weighted by Crippen LogP contribution is 2.41. The quantitative estimate of drug-likeness (QED) is 0.651. The first-order chi connectivity index (χ1) is 12.7. The molecule has 2 aliphatic heterocycles. The average Bonchev–Trinajstić information content (AvgIpc) is 2.57. The van der Waals surface area contributed by atoms with Gasteiger partial charge in [0.25, 0.3) is 0 Å². The minimum Gasteiger partial charge on any atom is -0.444 e. The molecule has 0 bridgehead atoms. The maximum Gasteiger partial charge on any atom is 0.410 e. The molecule has 0 aliphatic carbocycles. The number of carbonyl (C=O) groups excluding carboxylic acids is 2. The Morgan fingerprint density at radius 2 is 1.67 bits per heavy atom. The third-order valence-electron chi connectivity index (χ3n) is 5.13. The van der Waals surface area contributed by atoms with Gasteiger partial charge in [0.2, 0.25) is 5.91 Å². The molecule has 27 heavy (non-hydrogen) atoms. The molecule has 6 heteroatoms. The van der Waals surface area contributed by atoms with E-state index in [1.807, 2.05) is 56.0 Å². The van der Waals surface area contributed by atoms with Gasteiger partial charge in [0.05, 0.1) is 0 Å². The molecule has 0 atom stereocenters. The molecule has 1 aromatic rings. The molecule has 1 aromatic carbocycles. The smallest absolute Gasteiger partial charge is 0.410 e. The summed E-state index contributed by atoms with van der Waals surface area (Å²) in [4.78, 5) is 28.2. The van der Waals surface area contributed by atoms with Gasteiger partial charge in [-0.1, -0.05) is 28.1 Å². The van der Waals surface area contributed by atoms with Crippen molar-refractivity contribution >= 4 is 34.0 Å². The lowest BCUT2D eigenvalue weighted by Crippen LogP contribution is -2.62. The summed E-state index contributed by atoms with van der Waals surface area (Å²) in [5, 5.41) is 0. The number of amides is 2. The molecule has 0 N–H and O–H groups in total. The fraction of sp³-hybridized carbons (Fsp3) is 0.524. The number of rotatable bonds is 2. The Bertz CT molecular complexity index is 721. The van der Waals surface area contributed by atoms with Crippen LogP contribution in [-0.4, -0.2) is 53.6 Å². The van der Waals surface area contributed by atoms with E-state index >= 15 is 0 Å². The zero-order chi connectivity index (χ0) is 19.7. The molecule has 2 fully saturated rings. The Kier molecular flexibility index (Phi) is 5.65. The number of hydrogen-bond donors (Lipinski definition) is 0. The van der Waals surface area contributed by atoms with Crippen LogP contribution >= 0.6 is 15.9 Å². The first kappa shape index (κ1) is 19.9. The predicted octanol–water partition coefficient (Wildman–Crippen LogP) is 4.32. The van der Waals surface area contributed by atoms with Gasteiger partial charge in [-0.2, -0.15) is 0 Å². The molecule has 2 amide bonds. The first-order valence-electron chi connectivity index (χ1n) is 9.36. The lowest BCUT2D eigenvalue weighted by Gasteiger charge is -2.53. The van der Waals surface area contributed by atoms with Crippen LogP contribution in [0.25, 0.3) is 6.08 Å². The highest BCUT2D eigenvalue weighted by Gasteiger charge is 2.48. The standard InChI is InChI=1S/C21H27BrN2O3/c1-20(2,3)27-19(26)24-14-21(15-24)10-12-23(13-11-21)18(25)9-6-16-4-7-17(22)8-5-16/h4-9H,10-15H2,1-3H3/b9-6+. The van der Waals surface area contributed by atoms with Crippen LogP contribution in [0.5, 0.6) is 0 Å². The van der Waals surface area contributed by atoms with Gasteiger partial charge in [-0.05, 0) is 57.4 Å². The normalized spacial score (nSPS) is 19.3. The predicted molar refractivity (Wildman–Crippen MR) is 109 cm³/mol. The number of nitrogens with zero attached hydrogens (tertiary/aromatic N) is 2. The van der Waals surface area contributed by atoms with Crippen molar-refractivity contribution in [3.05, 3.63) is 40.4 Å². The molecule has 0 radical (unpaired) electrons. The summed E-state index contributed by atoms with van der Waals surface area (Å²) >= 11 is 3.41. The SMILES string of the molecule is CC(C)(C)OC(=O)N1CC2(CCN(C(=O)/C=C/c3ccc(Br)cc3)CC2)C1. The van der Waals surface area contributed by atoms with Gasteiger partial charge in [0.15, 0.2) is 0 Å². The van der Waals surface area contributed by atoms with Crippen LogP contribution in [0.1, 0.15) is 39.2 Å². The second kappa shape index (κ2) is 7.66. The van der Waals surface area contributed by atoms with Crippen LogP contribution in [0.3, 0.4) is 0 Å². The van der Waals surface area contributed by atoms with Crippen LogP contribution < -0.4 is 0 Å². The van der Waals surface area contributed by atoms with E-state index in [4.69, 9.17) is 4.74 Å². The Labute approximate surface area is 169 Å².